The zero-order valence-corrected chi connectivity index (χ0v) is 18.3. The maximum Gasteiger partial charge on any atom is 0.269 e. The first-order valence-electron chi connectivity index (χ1n) is 10.1. The first-order valence-corrected chi connectivity index (χ1v) is 11.6. The second-order valence-corrected chi connectivity index (χ2v) is 9.63. The molecule has 0 atom stereocenters. The fraction of sp³-hybridized carbons (Fsp3) is 0.273. The molecule has 1 aromatic heterocycles. The number of nitrogens with zero attached hydrogens (tertiary/aromatic N) is 4. The summed E-state index contributed by atoms with van der Waals surface area (Å²) in [6.45, 7) is 2.85. The number of aryl methyl sites for hydroxylation is 1. The number of rotatable bonds is 5. The van der Waals surface area contributed by atoms with Crippen molar-refractivity contribution in [1.82, 2.24) is 14.2 Å². The van der Waals surface area contributed by atoms with E-state index in [4.69, 9.17) is 0 Å². The van der Waals surface area contributed by atoms with Crippen LogP contribution in [0.1, 0.15) is 11.1 Å². The lowest BCUT2D eigenvalue weighted by atomic mass is 10.1. The van der Waals surface area contributed by atoms with Gasteiger partial charge in [0.2, 0.25) is 15.9 Å². The molecule has 0 N–H and O–H groups in total. The molecule has 4 rings (SSSR count). The van der Waals surface area contributed by atoms with Gasteiger partial charge in [0.1, 0.15) is 4.90 Å². The first-order chi connectivity index (χ1) is 15.3. The fourth-order valence-electron chi connectivity index (χ4n) is 3.79. The van der Waals surface area contributed by atoms with Gasteiger partial charge in [-0.05, 0) is 30.2 Å². The number of carbonyl (C=O) groups is 1. The zero-order chi connectivity index (χ0) is 22.9. The summed E-state index contributed by atoms with van der Waals surface area (Å²) in [4.78, 5) is 29.0. The van der Waals surface area contributed by atoms with E-state index in [1.807, 2.05) is 19.1 Å². The van der Waals surface area contributed by atoms with Gasteiger partial charge < -0.3 is 4.90 Å². The van der Waals surface area contributed by atoms with Crippen molar-refractivity contribution in [3.05, 3.63) is 76.0 Å². The summed E-state index contributed by atoms with van der Waals surface area (Å²) in [6.07, 6.45) is 1.76. The Balaban J connectivity index is 1.44. The molecule has 0 unspecified atom stereocenters. The minimum absolute atomic E-state index is 0.0295. The maximum atomic E-state index is 13.3. The Morgan fingerprint density at radius 2 is 1.78 bits per heavy atom. The molecule has 0 saturated carbocycles. The highest BCUT2D eigenvalue weighted by atomic mass is 32.2. The minimum Gasteiger partial charge on any atom is -0.340 e. The molecule has 10 heteroatoms. The SMILES string of the molecule is Cc1cnc2c(S(=O)(=O)N3CCN(C(=O)Cc4ccc([N+](=O)[O-])cc4)CC3)cccc2c1. The van der Waals surface area contributed by atoms with Gasteiger partial charge in [-0.2, -0.15) is 4.31 Å². The summed E-state index contributed by atoms with van der Waals surface area (Å²) in [5, 5.41) is 11.5. The number of para-hydroxylation sites is 1. The first kappa shape index (κ1) is 21.8. The van der Waals surface area contributed by atoms with Crippen molar-refractivity contribution >= 4 is 32.5 Å². The number of nitro benzene ring substituents is 1. The number of nitro groups is 1. The van der Waals surface area contributed by atoms with Crippen LogP contribution in [0.4, 0.5) is 5.69 Å². The van der Waals surface area contributed by atoms with Crippen LogP contribution >= 0.6 is 0 Å². The monoisotopic (exact) mass is 454 g/mol. The predicted molar refractivity (Wildman–Crippen MR) is 119 cm³/mol. The van der Waals surface area contributed by atoms with Gasteiger partial charge in [0.05, 0.1) is 16.9 Å². The molecule has 0 bridgehead atoms. The van der Waals surface area contributed by atoms with Crippen LogP contribution in [0, 0.1) is 17.0 Å². The van der Waals surface area contributed by atoms with E-state index in [-0.39, 0.29) is 49.1 Å². The van der Waals surface area contributed by atoms with E-state index >= 15 is 0 Å². The molecular weight excluding hydrogens is 432 g/mol. The lowest BCUT2D eigenvalue weighted by Crippen LogP contribution is -2.50. The smallest absolute Gasteiger partial charge is 0.269 e. The van der Waals surface area contributed by atoms with E-state index in [1.54, 1.807) is 35.4 Å². The van der Waals surface area contributed by atoms with Gasteiger partial charge in [0.25, 0.3) is 5.69 Å². The predicted octanol–water partition coefficient (Wildman–Crippen LogP) is 2.53. The molecular formula is C22H22N4O5S. The molecule has 166 valence electrons. The highest BCUT2D eigenvalue weighted by molar-refractivity contribution is 7.89. The zero-order valence-electron chi connectivity index (χ0n) is 17.5. The number of pyridine rings is 1. The molecule has 32 heavy (non-hydrogen) atoms. The number of aromatic nitrogens is 1. The van der Waals surface area contributed by atoms with Crippen molar-refractivity contribution in [3.63, 3.8) is 0 Å². The molecule has 0 spiro atoms. The normalized spacial score (nSPS) is 15.1. The highest BCUT2D eigenvalue weighted by Crippen LogP contribution is 2.25. The van der Waals surface area contributed by atoms with E-state index in [0.29, 0.717) is 11.1 Å². The molecule has 2 heterocycles. The number of benzene rings is 2. The number of hydrogen-bond acceptors (Lipinski definition) is 6. The molecule has 0 aliphatic carbocycles. The van der Waals surface area contributed by atoms with Crippen LogP contribution < -0.4 is 0 Å². The summed E-state index contributed by atoms with van der Waals surface area (Å²) < 4.78 is 27.9. The van der Waals surface area contributed by atoms with Crippen LogP contribution in [0.25, 0.3) is 10.9 Å². The molecule has 1 fully saturated rings. The maximum absolute atomic E-state index is 13.3. The quantitative estimate of drug-likeness (QED) is 0.432. The van der Waals surface area contributed by atoms with Gasteiger partial charge in [-0.25, -0.2) is 8.42 Å². The highest BCUT2D eigenvalue weighted by Gasteiger charge is 2.31. The van der Waals surface area contributed by atoms with Gasteiger partial charge >= 0.3 is 0 Å². The van der Waals surface area contributed by atoms with Gasteiger partial charge in [-0.1, -0.05) is 24.3 Å². The van der Waals surface area contributed by atoms with Crippen molar-refractivity contribution in [2.24, 2.45) is 0 Å². The summed E-state index contributed by atoms with van der Waals surface area (Å²) in [5.74, 6) is -0.141. The fourth-order valence-corrected chi connectivity index (χ4v) is 5.38. The standard InChI is InChI=1S/C22H22N4O5S/c1-16-13-18-3-2-4-20(22(18)23-15-16)32(30,31)25-11-9-24(10-12-25)21(27)14-17-5-7-19(8-6-17)26(28)29/h2-8,13,15H,9-12,14H2,1H3. The van der Waals surface area contributed by atoms with Gasteiger partial charge in [-0.3, -0.25) is 19.9 Å². The lowest BCUT2D eigenvalue weighted by Gasteiger charge is -2.34. The number of piperazine rings is 1. The molecule has 2 aromatic carbocycles. The summed E-state index contributed by atoms with van der Waals surface area (Å²) in [6, 6.07) is 12.9. The second kappa shape index (κ2) is 8.64. The van der Waals surface area contributed by atoms with Crippen molar-refractivity contribution in [2.75, 3.05) is 26.2 Å². The van der Waals surface area contributed by atoms with Crippen molar-refractivity contribution < 1.29 is 18.1 Å². The van der Waals surface area contributed by atoms with Crippen LogP contribution in [-0.2, 0) is 21.2 Å². The number of amides is 1. The van der Waals surface area contributed by atoms with E-state index in [2.05, 4.69) is 4.98 Å². The third-order valence-corrected chi connectivity index (χ3v) is 7.45. The van der Waals surface area contributed by atoms with E-state index in [1.165, 1.54) is 16.4 Å². The Hall–Kier alpha value is -3.37. The van der Waals surface area contributed by atoms with E-state index in [9.17, 15) is 23.3 Å². The van der Waals surface area contributed by atoms with Crippen LogP contribution in [0.15, 0.2) is 59.6 Å². The second-order valence-electron chi connectivity index (χ2n) is 7.73. The number of hydrogen-bond donors (Lipinski definition) is 0. The van der Waals surface area contributed by atoms with E-state index < -0.39 is 14.9 Å². The topological polar surface area (TPSA) is 114 Å². The molecule has 0 radical (unpaired) electrons. The Morgan fingerprint density at radius 1 is 1.09 bits per heavy atom. The van der Waals surface area contributed by atoms with Crippen molar-refractivity contribution in [3.8, 4) is 0 Å². The Kier molecular flexibility index (Phi) is 5.90. The van der Waals surface area contributed by atoms with Crippen LogP contribution in [-0.4, -0.2) is 59.6 Å². The summed E-state index contributed by atoms with van der Waals surface area (Å²) in [7, 11) is -3.75. The summed E-state index contributed by atoms with van der Waals surface area (Å²) in [5.41, 5.74) is 2.04. The number of non-ortho nitro benzene ring substituents is 1. The van der Waals surface area contributed by atoms with Crippen molar-refractivity contribution in [2.45, 2.75) is 18.2 Å². The number of carbonyl (C=O) groups excluding carboxylic acids is 1. The minimum atomic E-state index is -3.75. The third kappa shape index (κ3) is 4.32. The average molecular weight is 455 g/mol. The average Bonchev–Trinajstić information content (AvgIpc) is 2.79. The van der Waals surface area contributed by atoms with E-state index in [0.717, 1.165) is 10.9 Å². The third-order valence-electron chi connectivity index (χ3n) is 5.52. The Labute approximate surface area is 185 Å². The van der Waals surface area contributed by atoms with Crippen molar-refractivity contribution in [1.29, 1.82) is 0 Å². The molecule has 9 nitrogen and oxygen atoms in total. The van der Waals surface area contributed by atoms with Gasteiger partial charge in [0, 0.05) is 49.9 Å². The van der Waals surface area contributed by atoms with Crippen LogP contribution in [0.3, 0.4) is 0 Å². The largest absolute Gasteiger partial charge is 0.340 e. The Bertz CT molecular complexity index is 1280. The molecule has 1 aliphatic rings. The van der Waals surface area contributed by atoms with Crippen LogP contribution in [0.5, 0.6) is 0 Å². The molecule has 1 amide bonds. The molecule has 1 saturated heterocycles. The van der Waals surface area contributed by atoms with Crippen LogP contribution in [0.2, 0.25) is 0 Å². The molecule has 1 aliphatic heterocycles. The summed E-state index contributed by atoms with van der Waals surface area (Å²) >= 11 is 0. The number of sulfonamides is 1. The number of fused-ring (bicyclic) bond motifs is 1. The van der Waals surface area contributed by atoms with Gasteiger partial charge in [-0.15, -0.1) is 0 Å². The molecule has 3 aromatic rings. The Morgan fingerprint density at radius 3 is 2.44 bits per heavy atom. The van der Waals surface area contributed by atoms with Gasteiger partial charge in [0.15, 0.2) is 0 Å². The lowest BCUT2D eigenvalue weighted by molar-refractivity contribution is -0.384.